The van der Waals surface area contributed by atoms with E-state index in [0.29, 0.717) is 0 Å². The van der Waals surface area contributed by atoms with Gasteiger partial charge in [-0.05, 0) is 143 Å². The Balaban J connectivity index is 1.11. The summed E-state index contributed by atoms with van der Waals surface area (Å²) < 4.78 is 5.50. The first kappa shape index (κ1) is 43.2. The van der Waals surface area contributed by atoms with Crippen molar-refractivity contribution in [1.29, 1.82) is 0 Å². The normalized spacial score (nSPS) is 13.6. The van der Waals surface area contributed by atoms with Crippen LogP contribution >= 0.6 is 22.7 Å². The van der Waals surface area contributed by atoms with Gasteiger partial charge in [0.05, 0.1) is 22.7 Å². The highest BCUT2D eigenvalue weighted by atomic mass is 32.1. The molecule has 15 rings (SSSR count). The third-order valence-electron chi connectivity index (χ3n) is 17.5. The molecule has 2 aliphatic rings. The Morgan fingerprint density at radius 2 is 0.671 bits per heavy atom. The molecular formula is C68H53BN2S2. The molecule has 0 fully saturated rings. The lowest BCUT2D eigenvalue weighted by atomic mass is 9.39. The highest BCUT2D eigenvalue weighted by Crippen LogP contribution is 2.54. The van der Waals surface area contributed by atoms with Gasteiger partial charge >= 0.3 is 0 Å². The van der Waals surface area contributed by atoms with Crippen LogP contribution in [-0.2, 0) is 10.8 Å². The Morgan fingerprint density at radius 1 is 0.356 bits per heavy atom. The SMILES string of the molecule is CCC(C)(C)c1ccc2sc3c(c2c1)N(c1cccc2c4ccccc4c4ccccc4c12)c1cccc2c1B3c1sc3ccc(C(C)(C)CC)cc3c1N2c1cccc2c3ccccc3c3ccccc3c12. The monoisotopic (exact) mass is 972 g/mol. The van der Waals surface area contributed by atoms with Crippen molar-refractivity contribution in [3.63, 3.8) is 0 Å². The summed E-state index contributed by atoms with van der Waals surface area (Å²) in [5, 5.41) is 18.1. The summed E-state index contributed by atoms with van der Waals surface area (Å²) in [6.45, 7) is 14.3. The van der Waals surface area contributed by atoms with Gasteiger partial charge in [0.15, 0.2) is 0 Å². The minimum atomic E-state index is 0.0175. The number of anilines is 6. The average molecular weight is 973 g/mol. The van der Waals surface area contributed by atoms with Crippen molar-refractivity contribution in [2.24, 2.45) is 0 Å². The van der Waals surface area contributed by atoms with E-state index in [4.69, 9.17) is 0 Å². The molecule has 11 aromatic carbocycles. The van der Waals surface area contributed by atoms with Gasteiger partial charge in [0.25, 0.3) is 6.71 Å². The average Bonchev–Trinajstić information content (AvgIpc) is 4.02. The highest BCUT2D eigenvalue weighted by Gasteiger charge is 2.47. The quantitative estimate of drug-likeness (QED) is 0.121. The fourth-order valence-corrected chi connectivity index (χ4v) is 15.6. The smallest absolute Gasteiger partial charge is 0.277 e. The lowest BCUT2D eigenvalue weighted by Gasteiger charge is -2.42. The van der Waals surface area contributed by atoms with Crippen molar-refractivity contribution in [2.75, 3.05) is 9.80 Å². The van der Waals surface area contributed by atoms with Crippen LogP contribution in [0.1, 0.15) is 65.5 Å². The summed E-state index contributed by atoms with van der Waals surface area (Å²) in [5.74, 6) is 0. The molecule has 13 aromatic rings. The lowest BCUT2D eigenvalue weighted by Crippen LogP contribution is -2.59. The van der Waals surface area contributed by atoms with Gasteiger partial charge in [0.2, 0.25) is 0 Å². The number of thiophene rings is 2. The molecule has 0 bridgehead atoms. The number of hydrogen-bond donors (Lipinski definition) is 0. The predicted molar refractivity (Wildman–Crippen MR) is 323 cm³/mol. The first-order chi connectivity index (χ1) is 35.6. The molecule has 0 amide bonds. The van der Waals surface area contributed by atoms with Gasteiger partial charge in [0.1, 0.15) is 0 Å². The van der Waals surface area contributed by atoms with E-state index in [-0.39, 0.29) is 17.5 Å². The van der Waals surface area contributed by atoms with E-state index in [2.05, 4.69) is 239 Å². The van der Waals surface area contributed by atoms with Crippen molar-refractivity contribution >= 4 is 163 Å². The molecule has 0 atom stereocenters. The van der Waals surface area contributed by atoms with Gasteiger partial charge in [0, 0.05) is 51.9 Å². The van der Waals surface area contributed by atoms with Crippen LogP contribution in [0.15, 0.2) is 188 Å². The van der Waals surface area contributed by atoms with E-state index in [9.17, 15) is 0 Å². The van der Waals surface area contributed by atoms with Crippen molar-refractivity contribution in [3.05, 3.63) is 199 Å². The fourth-order valence-electron chi connectivity index (χ4n) is 12.9. The fraction of sp³-hybridized carbons (Fsp3) is 0.147. The number of fused-ring (bicyclic) bond motifs is 20. The summed E-state index contributed by atoms with van der Waals surface area (Å²) in [5.41, 5.74) is 11.7. The molecule has 0 unspecified atom stereocenters. The largest absolute Gasteiger partial charge is 0.309 e. The van der Waals surface area contributed by atoms with Crippen LogP contribution in [0.3, 0.4) is 0 Å². The Bertz CT molecular complexity index is 4140. The topological polar surface area (TPSA) is 6.48 Å². The number of rotatable bonds is 6. The Labute approximate surface area is 434 Å². The first-order valence-electron chi connectivity index (χ1n) is 26.2. The van der Waals surface area contributed by atoms with E-state index < -0.39 is 0 Å². The van der Waals surface area contributed by atoms with Gasteiger partial charge in [-0.15, -0.1) is 22.7 Å². The van der Waals surface area contributed by atoms with Crippen LogP contribution in [0, 0.1) is 0 Å². The van der Waals surface area contributed by atoms with Crippen molar-refractivity contribution < 1.29 is 0 Å². The van der Waals surface area contributed by atoms with Crippen LogP contribution in [0.5, 0.6) is 0 Å². The zero-order valence-electron chi connectivity index (χ0n) is 42.1. The molecule has 0 saturated carbocycles. The Hall–Kier alpha value is -7.44. The summed E-state index contributed by atoms with van der Waals surface area (Å²) in [7, 11) is 0. The van der Waals surface area contributed by atoms with Gasteiger partial charge in [-0.3, -0.25) is 0 Å². The molecule has 5 heteroatoms. The Morgan fingerprint density at radius 3 is 1.04 bits per heavy atom. The molecule has 0 radical (unpaired) electrons. The number of hydrogen-bond acceptors (Lipinski definition) is 4. The molecule has 2 nitrogen and oxygen atoms in total. The molecule has 350 valence electrons. The molecule has 4 heterocycles. The lowest BCUT2D eigenvalue weighted by molar-refractivity contribution is 0.507. The molecule has 2 aliphatic heterocycles. The van der Waals surface area contributed by atoms with Gasteiger partial charge in [-0.25, -0.2) is 0 Å². The molecule has 0 N–H and O–H groups in total. The van der Waals surface area contributed by atoms with Crippen LogP contribution < -0.4 is 24.8 Å². The second kappa shape index (κ2) is 15.5. The summed E-state index contributed by atoms with van der Waals surface area (Å²) in [4.78, 5) is 5.42. The number of benzene rings is 11. The zero-order valence-corrected chi connectivity index (χ0v) is 43.7. The maximum atomic E-state index is 2.71. The van der Waals surface area contributed by atoms with Crippen LogP contribution in [0.2, 0.25) is 0 Å². The van der Waals surface area contributed by atoms with E-state index in [1.807, 2.05) is 22.7 Å². The third kappa shape index (κ3) is 5.92. The minimum absolute atomic E-state index is 0.0175. The van der Waals surface area contributed by atoms with Gasteiger partial charge < -0.3 is 9.80 Å². The first-order valence-corrected chi connectivity index (χ1v) is 27.8. The van der Waals surface area contributed by atoms with Crippen molar-refractivity contribution in [3.8, 4) is 0 Å². The van der Waals surface area contributed by atoms with E-state index in [1.54, 1.807) is 0 Å². The molecular weight excluding hydrogens is 920 g/mol. The minimum Gasteiger partial charge on any atom is -0.309 e. The summed E-state index contributed by atoms with van der Waals surface area (Å²) in [6.07, 6.45) is 2.12. The molecule has 0 saturated heterocycles. The van der Waals surface area contributed by atoms with Crippen molar-refractivity contribution in [1.82, 2.24) is 0 Å². The predicted octanol–water partition coefficient (Wildman–Crippen LogP) is 18.5. The summed E-state index contributed by atoms with van der Waals surface area (Å²) >= 11 is 4.02. The molecule has 2 aromatic heterocycles. The third-order valence-corrected chi connectivity index (χ3v) is 19.9. The van der Waals surface area contributed by atoms with Crippen LogP contribution in [0.4, 0.5) is 34.1 Å². The van der Waals surface area contributed by atoms with Gasteiger partial charge in [-0.1, -0.05) is 181 Å². The van der Waals surface area contributed by atoms with E-state index in [0.717, 1.165) is 12.8 Å². The van der Waals surface area contributed by atoms with Crippen LogP contribution in [0.25, 0.3) is 84.8 Å². The molecule has 73 heavy (non-hydrogen) atoms. The van der Waals surface area contributed by atoms with Crippen molar-refractivity contribution in [2.45, 2.75) is 65.2 Å². The maximum Gasteiger partial charge on any atom is 0.277 e. The second-order valence-corrected chi connectivity index (χ2v) is 24.1. The number of nitrogens with zero attached hydrogens (tertiary/aromatic N) is 2. The highest BCUT2D eigenvalue weighted by molar-refractivity contribution is 7.40. The maximum absolute atomic E-state index is 2.71. The Kier molecular flexibility index (Phi) is 9.19. The standard InChI is InChI=1S/C68H53BN2S2/c1-7-67(3,4)40-34-36-58-52(38-40)63-65(72-58)69-62-56(70(63)54-30-17-28-50-46-22-11-9-20-42(46)44-24-13-15-26-48(44)60(50)54)32-19-33-57(62)71(64-53-39-41(68(5,6)8-2)35-37-59(53)73-66(64)69)55-31-18-29-51-47-23-12-10-21-43(47)45-25-14-16-27-49(45)61(51)55/h9-39H,7-8H2,1-6H3. The zero-order chi connectivity index (χ0) is 49.1. The summed E-state index contributed by atoms with van der Waals surface area (Å²) in [6, 6.07) is 72.3. The van der Waals surface area contributed by atoms with E-state index in [1.165, 1.54) is 145 Å². The van der Waals surface area contributed by atoms with Crippen LogP contribution in [-0.4, -0.2) is 6.71 Å². The van der Waals surface area contributed by atoms with Gasteiger partial charge in [-0.2, -0.15) is 0 Å². The second-order valence-electron chi connectivity index (χ2n) is 21.9. The molecule has 0 spiro atoms. The molecule has 0 aliphatic carbocycles. The van der Waals surface area contributed by atoms with E-state index >= 15 is 0 Å².